The summed E-state index contributed by atoms with van der Waals surface area (Å²) in [5.74, 6) is 1.12. The van der Waals surface area contributed by atoms with Crippen LogP contribution in [-0.4, -0.2) is 11.6 Å². The second-order valence-corrected chi connectivity index (χ2v) is 7.62. The fourth-order valence-corrected chi connectivity index (χ4v) is 3.19. The third-order valence-electron chi connectivity index (χ3n) is 4.63. The van der Waals surface area contributed by atoms with E-state index in [4.69, 9.17) is 9.47 Å². The number of carbonyl (C=O) groups is 1. The van der Waals surface area contributed by atoms with E-state index >= 15 is 0 Å². The van der Waals surface area contributed by atoms with Crippen molar-refractivity contribution in [3.05, 3.63) is 41.0 Å². The van der Waals surface area contributed by atoms with Crippen molar-refractivity contribution in [3.63, 3.8) is 0 Å². The van der Waals surface area contributed by atoms with Gasteiger partial charge in [-0.1, -0.05) is 31.4 Å². The van der Waals surface area contributed by atoms with Gasteiger partial charge in [0, 0.05) is 6.92 Å². The van der Waals surface area contributed by atoms with Crippen LogP contribution in [0.5, 0.6) is 11.5 Å². The Balaban J connectivity index is 2.26. The zero-order valence-electron chi connectivity index (χ0n) is 16.9. The molecule has 0 aliphatic carbocycles. The van der Waals surface area contributed by atoms with Crippen LogP contribution in [0.15, 0.2) is 29.9 Å². The summed E-state index contributed by atoms with van der Waals surface area (Å²) in [6.07, 6.45) is 12.7. The molecule has 26 heavy (non-hydrogen) atoms. The predicted octanol–water partition coefficient (Wildman–Crippen LogP) is 6.26. The first-order chi connectivity index (χ1) is 12.3. The van der Waals surface area contributed by atoms with Gasteiger partial charge in [0.25, 0.3) is 0 Å². The lowest BCUT2D eigenvalue weighted by Gasteiger charge is -2.32. The molecule has 1 heterocycles. The van der Waals surface area contributed by atoms with E-state index in [0.29, 0.717) is 5.75 Å². The van der Waals surface area contributed by atoms with Gasteiger partial charge in [0.1, 0.15) is 17.1 Å². The molecule has 2 rings (SSSR count). The van der Waals surface area contributed by atoms with E-state index in [-0.39, 0.29) is 11.6 Å². The molecule has 3 nitrogen and oxygen atoms in total. The number of esters is 1. The van der Waals surface area contributed by atoms with E-state index < -0.39 is 0 Å². The van der Waals surface area contributed by atoms with Gasteiger partial charge in [0.2, 0.25) is 0 Å². The number of allylic oxidation sites excluding steroid dienone is 2. The monoisotopic (exact) mass is 356 g/mol. The zero-order chi connectivity index (χ0) is 19.2. The fraction of sp³-hybridized carbons (Fsp3) is 0.522. The molecule has 1 aliphatic rings. The number of ether oxygens (including phenoxy) is 2. The summed E-state index contributed by atoms with van der Waals surface area (Å²) in [4.78, 5) is 11.5. The molecule has 0 N–H and O–H groups in total. The van der Waals surface area contributed by atoms with Crippen molar-refractivity contribution in [2.45, 2.75) is 78.7 Å². The van der Waals surface area contributed by atoms with Gasteiger partial charge in [-0.25, -0.2) is 0 Å². The summed E-state index contributed by atoms with van der Waals surface area (Å²) in [5.41, 5.74) is 3.01. The van der Waals surface area contributed by atoms with Crippen molar-refractivity contribution >= 4 is 12.0 Å². The first kappa shape index (κ1) is 20.3. The predicted molar refractivity (Wildman–Crippen MR) is 108 cm³/mol. The molecule has 1 aliphatic heterocycles. The van der Waals surface area contributed by atoms with Gasteiger partial charge in [0.05, 0.1) is 5.56 Å². The minimum atomic E-state index is -0.339. The summed E-state index contributed by atoms with van der Waals surface area (Å²) in [6.45, 7) is 9.98. The maximum atomic E-state index is 11.5. The second kappa shape index (κ2) is 9.07. The molecule has 0 saturated heterocycles. The number of carbonyl (C=O) groups excluding carboxylic acids is 1. The van der Waals surface area contributed by atoms with Crippen molar-refractivity contribution in [2.75, 3.05) is 0 Å². The molecule has 0 aromatic heterocycles. The van der Waals surface area contributed by atoms with E-state index in [1.807, 2.05) is 12.1 Å². The highest BCUT2D eigenvalue weighted by atomic mass is 16.5. The maximum Gasteiger partial charge on any atom is 0.308 e. The molecule has 1 atom stereocenters. The maximum absolute atomic E-state index is 11.5. The Hall–Kier alpha value is -2.03. The standard InChI is InChI=1S/C23H32O3/c1-6-7-8-11-19-15-21(25-18(4)24)20-12-14-23(5,26-22(20)16-19)13-9-10-17(2)3/h10,12,14-16H,6-9,11,13H2,1-5H3. The highest BCUT2D eigenvalue weighted by Crippen LogP contribution is 2.40. The van der Waals surface area contributed by atoms with E-state index in [1.54, 1.807) is 0 Å². The molecular formula is C23H32O3. The fourth-order valence-electron chi connectivity index (χ4n) is 3.19. The second-order valence-electron chi connectivity index (χ2n) is 7.62. The average Bonchev–Trinajstić information content (AvgIpc) is 2.53. The van der Waals surface area contributed by atoms with Gasteiger partial charge >= 0.3 is 5.97 Å². The Kier molecular flexibility index (Phi) is 7.07. The minimum Gasteiger partial charge on any atom is -0.483 e. The smallest absolute Gasteiger partial charge is 0.308 e. The van der Waals surface area contributed by atoms with Crippen LogP contribution in [-0.2, 0) is 11.2 Å². The summed E-state index contributed by atoms with van der Waals surface area (Å²) < 4.78 is 11.8. The SMILES string of the molecule is CCCCCc1cc(OC(C)=O)c2c(c1)OC(C)(CCC=C(C)C)C=C2. The van der Waals surface area contributed by atoms with E-state index in [9.17, 15) is 4.79 Å². The number of unbranched alkanes of at least 4 members (excludes halogenated alkanes) is 2. The number of fused-ring (bicyclic) bond motifs is 1. The van der Waals surface area contributed by atoms with Gasteiger partial charge in [-0.3, -0.25) is 4.79 Å². The van der Waals surface area contributed by atoms with Crippen LogP contribution in [0.4, 0.5) is 0 Å². The Morgan fingerprint density at radius 3 is 2.65 bits per heavy atom. The minimum absolute atomic E-state index is 0.303. The van der Waals surface area contributed by atoms with Crippen LogP contribution in [0, 0.1) is 0 Å². The Morgan fingerprint density at radius 2 is 2.00 bits per heavy atom. The number of aryl methyl sites for hydroxylation is 1. The van der Waals surface area contributed by atoms with Gasteiger partial charge in [-0.2, -0.15) is 0 Å². The quantitative estimate of drug-likeness (QED) is 0.239. The van der Waals surface area contributed by atoms with Gasteiger partial charge in [-0.05, 0) is 76.3 Å². The van der Waals surface area contributed by atoms with Crippen LogP contribution in [0.1, 0.15) is 77.8 Å². The molecule has 0 radical (unpaired) electrons. The molecule has 3 heteroatoms. The van der Waals surface area contributed by atoms with E-state index in [2.05, 4.69) is 45.9 Å². The third-order valence-corrected chi connectivity index (χ3v) is 4.63. The van der Waals surface area contributed by atoms with E-state index in [1.165, 1.54) is 25.3 Å². The zero-order valence-corrected chi connectivity index (χ0v) is 16.9. The Labute approximate surface area is 158 Å². The normalized spacial score (nSPS) is 18.0. The van der Waals surface area contributed by atoms with Crippen LogP contribution in [0.25, 0.3) is 6.08 Å². The summed E-state index contributed by atoms with van der Waals surface area (Å²) in [5, 5.41) is 0. The number of benzene rings is 1. The molecule has 0 spiro atoms. The van der Waals surface area contributed by atoms with Crippen molar-refractivity contribution in [1.29, 1.82) is 0 Å². The summed E-state index contributed by atoms with van der Waals surface area (Å²) in [6, 6.07) is 4.09. The molecule has 0 amide bonds. The molecule has 0 bridgehead atoms. The van der Waals surface area contributed by atoms with Gasteiger partial charge in [-0.15, -0.1) is 0 Å². The number of hydrogen-bond acceptors (Lipinski definition) is 3. The molecule has 1 aromatic carbocycles. The van der Waals surface area contributed by atoms with Crippen molar-refractivity contribution in [3.8, 4) is 11.5 Å². The lowest BCUT2D eigenvalue weighted by Crippen LogP contribution is -2.32. The molecule has 142 valence electrons. The van der Waals surface area contributed by atoms with Gasteiger partial charge < -0.3 is 9.47 Å². The van der Waals surface area contributed by atoms with Crippen LogP contribution < -0.4 is 9.47 Å². The first-order valence-corrected chi connectivity index (χ1v) is 9.70. The number of rotatable bonds is 8. The largest absolute Gasteiger partial charge is 0.483 e. The van der Waals surface area contributed by atoms with Crippen LogP contribution in [0.2, 0.25) is 0 Å². The van der Waals surface area contributed by atoms with Crippen molar-refractivity contribution < 1.29 is 14.3 Å². The Bertz CT molecular complexity index is 696. The lowest BCUT2D eigenvalue weighted by molar-refractivity contribution is -0.131. The number of hydrogen-bond donors (Lipinski definition) is 0. The average molecular weight is 357 g/mol. The van der Waals surface area contributed by atoms with Gasteiger partial charge in [0.15, 0.2) is 0 Å². The highest BCUT2D eigenvalue weighted by Gasteiger charge is 2.28. The third kappa shape index (κ3) is 5.76. The molecule has 0 saturated carbocycles. The Morgan fingerprint density at radius 1 is 1.23 bits per heavy atom. The molecule has 0 fully saturated rings. The summed E-state index contributed by atoms with van der Waals surface area (Å²) in [7, 11) is 0. The van der Waals surface area contributed by atoms with Crippen molar-refractivity contribution in [1.82, 2.24) is 0 Å². The topological polar surface area (TPSA) is 35.5 Å². The highest BCUT2D eigenvalue weighted by molar-refractivity contribution is 5.75. The lowest BCUT2D eigenvalue weighted by atomic mass is 9.93. The summed E-state index contributed by atoms with van der Waals surface area (Å²) >= 11 is 0. The molecule has 1 unspecified atom stereocenters. The molecular weight excluding hydrogens is 324 g/mol. The molecule has 1 aromatic rings. The van der Waals surface area contributed by atoms with Crippen molar-refractivity contribution in [2.24, 2.45) is 0 Å². The van der Waals surface area contributed by atoms with Crippen LogP contribution in [0.3, 0.4) is 0 Å². The van der Waals surface area contributed by atoms with Crippen LogP contribution >= 0.6 is 0 Å². The first-order valence-electron chi connectivity index (χ1n) is 9.70. The van der Waals surface area contributed by atoms with E-state index in [0.717, 1.165) is 42.6 Å².